The van der Waals surface area contributed by atoms with Crippen LogP contribution in [0.15, 0.2) is 65.8 Å². The maximum atomic E-state index is 12.8. The van der Waals surface area contributed by atoms with Crippen LogP contribution in [0.2, 0.25) is 0 Å². The maximum absolute atomic E-state index is 12.8. The number of anilines is 4. The van der Waals surface area contributed by atoms with E-state index in [-0.39, 0.29) is 11.2 Å². The lowest BCUT2D eigenvalue weighted by Crippen LogP contribution is -2.17. The van der Waals surface area contributed by atoms with E-state index in [0.29, 0.717) is 22.8 Å². The lowest BCUT2D eigenvalue weighted by atomic mass is 10.2. The molecule has 1 atom stereocenters. The number of aromatic amines is 1. The molecular formula is C23H24N6O2S. The van der Waals surface area contributed by atoms with Crippen molar-refractivity contribution in [3.8, 4) is 0 Å². The minimum atomic E-state index is -1.13. The van der Waals surface area contributed by atoms with Gasteiger partial charge in [-0.15, -0.1) is 0 Å². The van der Waals surface area contributed by atoms with Gasteiger partial charge in [-0.05, 0) is 30.3 Å². The standard InChI is InChI=1S/C23H24N6O2S/c1-14(2)32(31)19-7-5-4-6-17(19)27-18-12-21(29-22-16(18)10-11-25-22)28-20-9-8-15(13-26-20)23(30)24-3/h4-14H,1-3H3,(H,24,30)(H3,25,26,27,28,29). The zero-order valence-electron chi connectivity index (χ0n) is 18.0. The average molecular weight is 449 g/mol. The lowest BCUT2D eigenvalue weighted by Gasteiger charge is -2.15. The summed E-state index contributed by atoms with van der Waals surface area (Å²) >= 11 is 0. The fourth-order valence-corrected chi connectivity index (χ4v) is 4.28. The highest BCUT2D eigenvalue weighted by molar-refractivity contribution is 7.85. The number of amides is 1. The molecule has 4 N–H and O–H groups in total. The SMILES string of the molecule is CNC(=O)c1ccc(Nc2cc(Nc3ccccc3S(=O)C(C)C)c3cc[nH]c3n2)nc1. The molecule has 1 unspecified atom stereocenters. The number of H-pyrrole nitrogens is 1. The molecule has 32 heavy (non-hydrogen) atoms. The molecule has 1 aromatic carbocycles. The summed E-state index contributed by atoms with van der Waals surface area (Å²) in [5.74, 6) is 0.937. The Bertz CT molecular complexity index is 1280. The van der Waals surface area contributed by atoms with Gasteiger partial charge in [-0.2, -0.15) is 0 Å². The molecule has 4 rings (SSSR count). The Balaban J connectivity index is 1.66. The summed E-state index contributed by atoms with van der Waals surface area (Å²) in [6, 6.07) is 14.8. The maximum Gasteiger partial charge on any atom is 0.252 e. The van der Waals surface area contributed by atoms with Crippen molar-refractivity contribution in [1.29, 1.82) is 0 Å². The first kappa shape index (κ1) is 21.5. The number of hydrogen-bond acceptors (Lipinski definition) is 6. The molecule has 0 radical (unpaired) electrons. The summed E-state index contributed by atoms with van der Waals surface area (Å²) in [4.78, 5) is 24.5. The molecule has 1 amide bonds. The van der Waals surface area contributed by atoms with Gasteiger partial charge in [-0.3, -0.25) is 9.00 Å². The number of hydrogen-bond donors (Lipinski definition) is 4. The number of fused-ring (bicyclic) bond motifs is 1. The third-order valence-corrected chi connectivity index (χ3v) is 6.48. The summed E-state index contributed by atoms with van der Waals surface area (Å²) in [6.45, 7) is 3.88. The Morgan fingerprint density at radius 1 is 1.03 bits per heavy atom. The molecule has 0 aliphatic rings. The summed E-state index contributed by atoms with van der Waals surface area (Å²) in [5, 5.41) is 10.1. The van der Waals surface area contributed by atoms with Gasteiger partial charge in [-0.25, -0.2) is 9.97 Å². The Kier molecular flexibility index (Phi) is 6.18. The topological polar surface area (TPSA) is 112 Å². The lowest BCUT2D eigenvalue weighted by molar-refractivity contribution is 0.0963. The summed E-state index contributed by atoms with van der Waals surface area (Å²) in [7, 11) is 0.444. The van der Waals surface area contributed by atoms with Crippen molar-refractivity contribution in [2.75, 3.05) is 17.7 Å². The predicted octanol–water partition coefficient (Wildman–Crippen LogP) is 4.32. The zero-order valence-corrected chi connectivity index (χ0v) is 18.8. The van der Waals surface area contributed by atoms with Crippen molar-refractivity contribution in [3.05, 3.63) is 66.5 Å². The van der Waals surface area contributed by atoms with Crippen molar-refractivity contribution in [2.45, 2.75) is 24.0 Å². The number of rotatable bonds is 7. The Morgan fingerprint density at radius 2 is 1.84 bits per heavy atom. The molecule has 164 valence electrons. The molecule has 0 bridgehead atoms. The molecule has 0 fully saturated rings. The smallest absolute Gasteiger partial charge is 0.252 e. The quantitative estimate of drug-likeness (QED) is 0.335. The number of benzene rings is 1. The van der Waals surface area contributed by atoms with E-state index >= 15 is 0 Å². The highest BCUT2D eigenvalue weighted by Gasteiger charge is 2.15. The van der Waals surface area contributed by atoms with Gasteiger partial charge >= 0.3 is 0 Å². The fraction of sp³-hybridized carbons (Fsp3) is 0.174. The van der Waals surface area contributed by atoms with Crippen LogP contribution in [-0.4, -0.2) is 37.4 Å². The largest absolute Gasteiger partial charge is 0.355 e. The molecule has 3 aromatic heterocycles. The molecule has 0 aliphatic heterocycles. The highest BCUT2D eigenvalue weighted by atomic mass is 32.2. The van der Waals surface area contributed by atoms with E-state index in [1.54, 1.807) is 19.2 Å². The highest BCUT2D eigenvalue weighted by Crippen LogP contribution is 2.31. The van der Waals surface area contributed by atoms with Gasteiger partial charge in [0.15, 0.2) is 0 Å². The molecule has 8 nitrogen and oxygen atoms in total. The van der Waals surface area contributed by atoms with E-state index in [1.165, 1.54) is 6.20 Å². The van der Waals surface area contributed by atoms with Gasteiger partial charge in [0.2, 0.25) is 0 Å². The van der Waals surface area contributed by atoms with Gasteiger partial charge in [0, 0.05) is 36.1 Å². The number of carbonyl (C=O) groups is 1. The van der Waals surface area contributed by atoms with Crippen LogP contribution >= 0.6 is 0 Å². The first-order chi connectivity index (χ1) is 15.5. The van der Waals surface area contributed by atoms with Crippen molar-refractivity contribution in [1.82, 2.24) is 20.3 Å². The van der Waals surface area contributed by atoms with E-state index in [9.17, 15) is 9.00 Å². The van der Waals surface area contributed by atoms with E-state index < -0.39 is 10.8 Å². The average Bonchev–Trinajstić information content (AvgIpc) is 3.28. The molecule has 9 heteroatoms. The van der Waals surface area contributed by atoms with Gasteiger partial charge in [0.1, 0.15) is 17.3 Å². The molecule has 0 saturated carbocycles. The summed E-state index contributed by atoms with van der Waals surface area (Å²) < 4.78 is 12.8. The van der Waals surface area contributed by atoms with Crippen LogP contribution in [0.1, 0.15) is 24.2 Å². The number of para-hydroxylation sites is 1. The van der Waals surface area contributed by atoms with Crippen molar-refractivity contribution < 1.29 is 9.00 Å². The van der Waals surface area contributed by atoms with Gasteiger partial charge in [0.25, 0.3) is 5.91 Å². The molecule has 4 aromatic rings. The Hall–Kier alpha value is -3.72. The molecular weight excluding hydrogens is 424 g/mol. The van der Waals surface area contributed by atoms with E-state index in [1.807, 2.05) is 56.4 Å². The number of nitrogens with zero attached hydrogens (tertiary/aromatic N) is 2. The second-order valence-corrected chi connectivity index (χ2v) is 9.38. The fourth-order valence-electron chi connectivity index (χ4n) is 3.23. The second-order valence-electron chi connectivity index (χ2n) is 7.40. The minimum Gasteiger partial charge on any atom is -0.355 e. The first-order valence-electron chi connectivity index (χ1n) is 10.2. The first-order valence-corrected chi connectivity index (χ1v) is 11.4. The van der Waals surface area contributed by atoms with Crippen LogP contribution in [0, 0.1) is 0 Å². The van der Waals surface area contributed by atoms with E-state index in [4.69, 9.17) is 0 Å². The van der Waals surface area contributed by atoms with Crippen LogP contribution in [-0.2, 0) is 10.8 Å². The number of aromatic nitrogens is 3. The Morgan fingerprint density at radius 3 is 2.56 bits per heavy atom. The third kappa shape index (κ3) is 4.47. The van der Waals surface area contributed by atoms with Crippen molar-refractivity contribution >= 4 is 50.8 Å². The minimum absolute atomic E-state index is 0.00345. The number of nitrogens with one attached hydrogen (secondary N) is 4. The van der Waals surface area contributed by atoms with Crippen LogP contribution < -0.4 is 16.0 Å². The van der Waals surface area contributed by atoms with Crippen LogP contribution in [0.25, 0.3) is 11.0 Å². The monoisotopic (exact) mass is 448 g/mol. The van der Waals surface area contributed by atoms with Crippen molar-refractivity contribution in [3.63, 3.8) is 0 Å². The molecule has 3 heterocycles. The normalized spacial score (nSPS) is 12.0. The van der Waals surface area contributed by atoms with Gasteiger partial charge in [0.05, 0.1) is 32.6 Å². The summed E-state index contributed by atoms with van der Waals surface area (Å²) in [5.41, 5.74) is 2.77. The molecule has 0 spiro atoms. The van der Waals surface area contributed by atoms with Crippen molar-refractivity contribution in [2.24, 2.45) is 0 Å². The van der Waals surface area contributed by atoms with Gasteiger partial charge < -0.3 is 20.9 Å². The number of pyridine rings is 2. The van der Waals surface area contributed by atoms with Gasteiger partial charge in [-0.1, -0.05) is 26.0 Å². The van der Waals surface area contributed by atoms with Crippen LogP contribution in [0.4, 0.5) is 23.0 Å². The van der Waals surface area contributed by atoms with E-state index in [0.717, 1.165) is 21.7 Å². The second kappa shape index (κ2) is 9.19. The zero-order chi connectivity index (χ0) is 22.7. The third-order valence-electron chi connectivity index (χ3n) is 4.84. The van der Waals surface area contributed by atoms with E-state index in [2.05, 4.69) is 30.9 Å². The van der Waals surface area contributed by atoms with Crippen LogP contribution in [0.3, 0.4) is 0 Å². The molecule has 0 aliphatic carbocycles. The summed E-state index contributed by atoms with van der Waals surface area (Å²) in [6.07, 6.45) is 3.33. The number of carbonyl (C=O) groups excluding carboxylic acids is 1. The predicted molar refractivity (Wildman–Crippen MR) is 128 cm³/mol. The van der Waals surface area contributed by atoms with Crippen LogP contribution in [0.5, 0.6) is 0 Å². The molecule has 0 saturated heterocycles. The Labute approximate surface area is 188 Å².